The van der Waals surface area contributed by atoms with E-state index in [1.165, 1.54) is 5.56 Å². The molecule has 0 fully saturated rings. The Kier molecular flexibility index (Phi) is 10.9. The summed E-state index contributed by atoms with van der Waals surface area (Å²) in [6.07, 6.45) is 0.0623. The first-order valence-corrected chi connectivity index (χ1v) is 12.3. The van der Waals surface area contributed by atoms with E-state index in [2.05, 4.69) is 36.8 Å². The molecule has 8 heteroatoms. The number of benzene rings is 2. The van der Waals surface area contributed by atoms with E-state index < -0.39 is 24.0 Å². The zero-order valence-corrected chi connectivity index (χ0v) is 19.5. The number of aliphatic hydroxyl groups excluding tert-OH is 1. The Bertz CT molecular complexity index is 834. The summed E-state index contributed by atoms with van der Waals surface area (Å²) in [7, 11) is 0. The van der Waals surface area contributed by atoms with Crippen LogP contribution in [0.25, 0.3) is 0 Å². The number of nitrogens with one attached hydrogen (secondary N) is 2. The molecular weight excluding hydrogens is 430 g/mol. The molecule has 2 atom stereocenters. The molecule has 2 aromatic carbocycles. The second-order valence-electron chi connectivity index (χ2n) is 7.37. The van der Waals surface area contributed by atoms with E-state index in [-0.39, 0.29) is 0 Å². The first-order valence-electron chi connectivity index (χ1n) is 10.3. The number of rotatable bonds is 11. The summed E-state index contributed by atoms with van der Waals surface area (Å²) in [5.41, 5.74) is 12.2. The fraction of sp³-hybridized carbons (Fsp3) is 0.391. The van der Waals surface area contributed by atoms with Crippen LogP contribution in [-0.4, -0.2) is 45.8 Å². The Labute approximate surface area is 192 Å². The molecule has 1 unspecified atom stereocenters. The molecule has 0 aliphatic carbocycles. The summed E-state index contributed by atoms with van der Waals surface area (Å²) in [5, 5.41) is 10.5. The largest absolute Gasteiger partial charge is 0.382 e. The van der Waals surface area contributed by atoms with E-state index in [4.69, 9.17) is 5.73 Å². The lowest BCUT2D eigenvalue weighted by Crippen LogP contribution is -2.52. The van der Waals surface area contributed by atoms with E-state index in [0.717, 1.165) is 22.8 Å². The molecule has 2 aromatic rings. The first kappa shape index (κ1) is 25.3. The summed E-state index contributed by atoms with van der Waals surface area (Å²) in [5.74, 6) is 0.480. The number of hydrazine groups is 1. The highest BCUT2D eigenvalue weighted by molar-refractivity contribution is 7.99. The third-order valence-electron chi connectivity index (χ3n) is 4.47. The van der Waals surface area contributed by atoms with Gasteiger partial charge in [0, 0.05) is 22.3 Å². The van der Waals surface area contributed by atoms with Crippen molar-refractivity contribution in [1.29, 1.82) is 0 Å². The average Bonchev–Trinajstić information content (AvgIpc) is 2.77. The fourth-order valence-corrected chi connectivity index (χ4v) is 4.55. The quantitative estimate of drug-likeness (QED) is 0.303. The van der Waals surface area contributed by atoms with Crippen LogP contribution >= 0.6 is 23.5 Å². The number of nitrogens with two attached hydrogens (primary N) is 1. The number of aryl methyl sites for hydroxylation is 1. The van der Waals surface area contributed by atoms with Gasteiger partial charge < -0.3 is 10.8 Å². The van der Waals surface area contributed by atoms with E-state index in [1.54, 1.807) is 41.7 Å². The number of carbonyl (C=O) groups excluding carboxylic acids is 2. The third-order valence-corrected chi connectivity index (χ3v) is 6.61. The Morgan fingerprint density at radius 2 is 1.77 bits per heavy atom. The summed E-state index contributed by atoms with van der Waals surface area (Å²) >= 11 is 3.38. The fourth-order valence-electron chi connectivity index (χ4n) is 2.72. The number of hydrogen-bond donors (Lipinski definition) is 4. The maximum atomic E-state index is 12.4. The van der Waals surface area contributed by atoms with Gasteiger partial charge in [0.05, 0.1) is 0 Å². The monoisotopic (exact) mass is 461 g/mol. The molecule has 0 aromatic heterocycles. The molecule has 0 saturated heterocycles. The maximum Gasteiger partial charge on any atom is 0.269 e. The highest BCUT2D eigenvalue weighted by Gasteiger charge is 2.23. The van der Waals surface area contributed by atoms with Gasteiger partial charge in [-0.25, -0.2) is 0 Å². The number of amides is 2. The highest BCUT2D eigenvalue weighted by Crippen LogP contribution is 2.20. The van der Waals surface area contributed by atoms with Crippen LogP contribution in [0.2, 0.25) is 0 Å². The van der Waals surface area contributed by atoms with Gasteiger partial charge >= 0.3 is 0 Å². The lowest BCUT2D eigenvalue weighted by atomic mass is 10.1. The molecule has 31 heavy (non-hydrogen) atoms. The molecule has 0 bridgehead atoms. The highest BCUT2D eigenvalue weighted by atomic mass is 32.2. The van der Waals surface area contributed by atoms with Gasteiger partial charge in [0.1, 0.15) is 6.10 Å². The minimum Gasteiger partial charge on any atom is -0.382 e. The summed E-state index contributed by atoms with van der Waals surface area (Å²) in [4.78, 5) is 25.5. The average molecular weight is 462 g/mol. The van der Waals surface area contributed by atoms with Crippen LogP contribution in [0.5, 0.6) is 0 Å². The van der Waals surface area contributed by atoms with Crippen molar-refractivity contribution < 1.29 is 14.7 Å². The minimum atomic E-state index is -1.38. The van der Waals surface area contributed by atoms with Crippen molar-refractivity contribution in [3.63, 3.8) is 0 Å². The normalized spacial score (nSPS) is 12.9. The van der Waals surface area contributed by atoms with Crippen LogP contribution in [0.4, 0.5) is 0 Å². The lowest BCUT2D eigenvalue weighted by Gasteiger charge is -2.19. The van der Waals surface area contributed by atoms with Crippen molar-refractivity contribution in [1.82, 2.24) is 10.9 Å². The van der Waals surface area contributed by atoms with Gasteiger partial charge in [0.2, 0.25) is 0 Å². The van der Waals surface area contributed by atoms with Crippen LogP contribution in [-0.2, 0) is 11.2 Å². The van der Waals surface area contributed by atoms with Crippen LogP contribution in [0.3, 0.4) is 0 Å². The number of thioether (sulfide) groups is 2. The van der Waals surface area contributed by atoms with Gasteiger partial charge in [-0.05, 0) is 47.6 Å². The molecule has 0 aliphatic heterocycles. The zero-order valence-electron chi connectivity index (χ0n) is 17.9. The number of hydrogen-bond acceptors (Lipinski definition) is 6. The van der Waals surface area contributed by atoms with Gasteiger partial charge in [-0.15, -0.1) is 11.8 Å². The van der Waals surface area contributed by atoms with Crippen LogP contribution in [0, 0.1) is 0 Å². The number of aliphatic hydroxyl groups is 1. The molecule has 6 nitrogen and oxygen atoms in total. The standard InChI is InChI=1S/C23H31N3O3S2/c1-16(2)30-14-12-20(24)21(27)23(29)26-25-22(28)18-9-6-10-19(15-18)31-13-11-17-7-4-3-5-8-17/h3-10,15-16,20-21,27H,11-14,24H2,1-2H3,(H,25,28)(H,26,29)/t20-,21?/m1/s1. The van der Waals surface area contributed by atoms with Gasteiger partial charge in [0.25, 0.3) is 11.8 Å². The Balaban J connectivity index is 1.78. The van der Waals surface area contributed by atoms with Gasteiger partial charge in [-0.2, -0.15) is 11.8 Å². The van der Waals surface area contributed by atoms with Crippen molar-refractivity contribution in [2.75, 3.05) is 11.5 Å². The SMILES string of the molecule is CC(C)SCC[C@@H](N)C(O)C(=O)NNC(=O)c1cccc(SCCc2ccccc2)c1. The molecule has 0 saturated carbocycles. The second kappa shape index (κ2) is 13.4. The number of carbonyl (C=O) groups is 2. The van der Waals surface area contributed by atoms with Gasteiger partial charge in [-0.3, -0.25) is 20.4 Å². The third kappa shape index (κ3) is 9.35. The molecular formula is C23H31N3O3S2. The van der Waals surface area contributed by atoms with Crippen molar-refractivity contribution in [3.8, 4) is 0 Å². The maximum absolute atomic E-state index is 12.4. The van der Waals surface area contributed by atoms with E-state index in [9.17, 15) is 14.7 Å². The van der Waals surface area contributed by atoms with Crippen molar-refractivity contribution in [2.45, 2.75) is 49.0 Å². The van der Waals surface area contributed by atoms with Crippen LogP contribution < -0.4 is 16.6 Å². The predicted molar refractivity (Wildman–Crippen MR) is 129 cm³/mol. The molecule has 5 N–H and O–H groups in total. The molecule has 0 aliphatic rings. The summed E-state index contributed by atoms with van der Waals surface area (Å²) in [6, 6.07) is 16.7. The Hall–Kier alpha value is -2.00. The van der Waals surface area contributed by atoms with Gasteiger partial charge in [0.15, 0.2) is 0 Å². The molecule has 0 heterocycles. The Morgan fingerprint density at radius 1 is 1.03 bits per heavy atom. The molecule has 0 spiro atoms. The lowest BCUT2D eigenvalue weighted by molar-refractivity contribution is -0.131. The topological polar surface area (TPSA) is 104 Å². The van der Waals surface area contributed by atoms with Crippen LogP contribution in [0.15, 0.2) is 59.5 Å². The van der Waals surface area contributed by atoms with E-state index >= 15 is 0 Å². The molecule has 2 amide bonds. The first-order chi connectivity index (χ1) is 14.9. The van der Waals surface area contributed by atoms with Gasteiger partial charge in [-0.1, -0.05) is 50.2 Å². The van der Waals surface area contributed by atoms with Crippen molar-refractivity contribution in [3.05, 3.63) is 65.7 Å². The van der Waals surface area contributed by atoms with Crippen LogP contribution in [0.1, 0.15) is 36.2 Å². The van der Waals surface area contributed by atoms with Crippen molar-refractivity contribution in [2.24, 2.45) is 5.73 Å². The zero-order chi connectivity index (χ0) is 22.6. The second-order valence-corrected chi connectivity index (χ2v) is 10.2. The smallest absolute Gasteiger partial charge is 0.269 e. The molecule has 0 radical (unpaired) electrons. The van der Waals surface area contributed by atoms with E-state index in [1.807, 2.05) is 24.3 Å². The molecule has 2 rings (SSSR count). The predicted octanol–water partition coefficient (Wildman–Crippen LogP) is 3.00. The van der Waals surface area contributed by atoms with Crippen molar-refractivity contribution >= 4 is 35.3 Å². The summed E-state index contributed by atoms with van der Waals surface area (Å²) in [6.45, 7) is 4.15. The van der Waals surface area contributed by atoms with E-state index in [0.29, 0.717) is 17.2 Å². The summed E-state index contributed by atoms with van der Waals surface area (Å²) < 4.78 is 0. The molecule has 168 valence electrons. The Morgan fingerprint density at radius 3 is 2.48 bits per heavy atom. The minimum absolute atomic E-state index is 0.428.